The first-order chi connectivity index (χ1) is 19.5. The van der Waals surface area contributed by atoms with Crippen molar-refractivity contribution in [3.63, 3.8) is 0 Å². The molecule has 1 amide bonds. The fourth-order valence-corrected chi connectivity index (χ4v) is 5.08. The van der Waals surface area contributed by atoms with Crippen LogP contribution in [-0.2, 0) is 29.8 Å². The van der Waals surface area contributed by atoms with Gasteiger partial charge in [-0.15, -0.1) is 0 Å². The number of aryl methyl sites for hydroxylation is 1. The highest BCUT2D eigenvalue weighted by molar-refractivity contribution is 7.47. The first-order valence-corrected chi connectivity index (χ1v) is 14.5. The summed E-state index contributed by atoms with van der Waals surface area (Å²) in [5.41, 5.74) is 3.17. The number of likely N-dealkylation sites (N-methyl/N-ethyl adjacent to an activating group) is 1. The van der Waals surface area contributed by atoms with Crippen molar-refractivity contribution >= 4 is 42.3 Å². The van der Waals surface area contributed by atoms with Crippen LogP contribution in [0.2, 0.25) is 0 Å². The number of hydrogen-bond acceptors (Lipinski definition) is 10. The second kappa shape index (κ2) is 12.8. The molecule has 41 heavy (non-hydrogen) atoms. The molecule has 0 fully saturated rings. The van der Waals surface area contributed by atoms with Gasteiger partial charge in [-0.1, -0.05) is 28.9 Å². The molecule has 0 bridgehead atoms. The molecule has 14 heteroatoms. The van der Waals surface area contributed by atoms with Crippen LogP contribution in [0.25, 0.3) is 17.0 Å². The summed E-state index contributed by atoms with van der Waals surface area (Å²) in [6, 6.07) is 9.75. The first kappa shape index (κ1) is 30.8. The van der Waals surface area contributed by atoms with Crippen LogP contribution in [0.5, 0.6) is 0 Å². The number of carbonyl (C=O) groups is 1. The number of anilines is 2. The Bertz CT molecular complexity index is 1460. The number of para-hydroxylation sites is 1. The summed E-state index contributed by atoms with van der Waals surface area (Å²) in [5.74, 6) is 0.704. The number of methoxy groups -OCH3 is 1. The van der Waals surface area contributed by atoms with E-state index in [1.807, 2.05) is 61.4 Å². The van der Waals surface area contributed by atoms with Crippen molar-refractivity contribution in [2.24, 2.45) is 0 Å². The molecule has 1 aliphatic heterocycles. The maximum absolute atomic E-state index is 13.1. The van der Waals surface area contributed by atoms with Crippen LogP contribution in [0.3, 0.4) is 0 Å². The largest absolute Gasteiger partial charge is 0.519 e. The molecule has 1 aliphatic rings. The van der Waals surface area contributed by atoms with Gasteiger partial charge in [0.15, 0.2) is 5.82 Å². The number of aliphatic hydroxyl groups excluding tert-OH is 1. The molecule has 1 aromatic carbocycles. The summed E-state index contributed by atoms with van der Waals surface area (Å²) in [6.07, 6.45) is 4.97. The topological polar surface area (TPSA) is 163 Å². The van der Waals surface area contributed by atoms with Gasteiger partial charge >= 0.3 is 7.82 Å². The lowest BCUT2D eigenvalue weighted by atomic mass is 9.99. The smallest absolute Gasteiger partial charge is 0.459 e. The maximum Gasteiger partial charge on any atom is 0.519 e. The number of ether oxygens (including phenoxy) is 1. The molecule has 2 atom stereocenters. The molecule has 222 valence electrons. The SMILES string of the molecule is COC(C=Cc1cnc2c(c1)NC(C)(C)C(=O)N2COP(=O)(O)O[NH2+]CCO)N(C)Cc1oc2ccccc2c1C. The molecular weight excluding hydrogens is 553 g/mol. The van der Waals surface area contributed by atoms with Crippen LogP contribution in [0.4, 0.5) is 11.5 Å². The number of amides is 1. The molecule has 0 aliphatic carbocycles. The highest BCUT2D eigenvalue weighted by Crippen LogP contribution is 2.42. The van der Waals surface area contributed by atoms with E-state index in [9.17, 15) is 14.3 Å². The lowest BCUT2D eigenvalue weighted by Gasteiger charge is -2.38. The predicted octanol–water partition coefficient (Wildman–Crippen LogP) is 2.35. The van der Waals surface area contributed by atoms with Gasteiger partial charge in [0.2, 0.25) is 0 Å². The Labute approximate surface area is 238 Å². The standard InChI is InChI=1S/C27H36N5O8P/c1-18-20-8-6-7-9-22(20)39-23(18)16-31(4)24(37-5)11-10-19-14-21-25(28-15-19)32(26(34)27(2,3)30-21)17-38-41(35,36)40-29-12-13-33/h6-11,14-15,24,29-30,33H,12-13,16-17H2,1-5H3,(H,35,36)/p+1. The van der Waals surface area contributed by atoms with Gasteiger partial charge in [0, 0.05) is 18.7 Å². The van der Waals surface area contributed by atoms with E-state index in [0.29, 0.717) is 12.2 Å². The Morgan fingerprint density at radius 3 is 2.80 bits per heavy atom. The van der Waals surface area contributed by atoms with Crippen LogP contribution in [-0.4, -0.2) is 71.6 Å². The fourth-order valence-electron chi connectivity index (χ4n) is 4.47. The van der Waals surface area contributed by atoms with Gasteiger partial charge in [-0.25, -0.2) is 9.55 Å². The number of aromatic nitrogens is 1. The van der Waals surface area contributed by atoms with Gasteiger partial charge in [-0.3, -0.25) is 24.0 Å². The number of benzene rings is 1. The molecule has 5 N–H and O–H groups in total. The van der Waals surface area contributed by atoms with Gasteiger partial charge in [0.1, 0.15) is 36.4 Å². The minimum absolute atomic E-state index is 0.0491. The second-order valence-corrected chi connectivity index (χ2v) is 11.6. The van der Waals surface area contributed by atoms with Crippen molar-refractivity contribution in [3.8, 4) is 0 Å². The summed E-state index contributed by atoms with van der Waals surface area (Å²) in [6.45, 7) is 5.20. The lowest BCUT2D eigenvalue weighted by Crippen LogP contribution is -2.83. The lowest BCUT2D eigenvalue weighted by molar-refractivity contribution is -0.863. The van der Waals surface area contributed by atoms with Crippen molar-refractivity contribution < 1.29 is 43.1 Å². The normalized spacial score (nSPS) is 17.2. The van der Waals surface area contributed by atoms with E-state index in [4.69, 9.17) is 23.4 Å². The molecule has 4 rings (SSSR count). The second-order valence-electron chi connectivity index (χ2n) is 10.2. The quantitative estimate of drug-likeness (QED) is 0.100. The summed E-state index contributed by atoms with van der Waals surface area (Å²) in [4.78, 5) is 30.6. The molecule has 2 aromatic heterocycles. The van der Waals surface area contributed by atoms with E-state index in [2.05, 4.69) is 10.3 Å². The number of fused-ring (bicyclic) bond motifs is 2. The number of carbonyl (C=O) groups excluding carboxylic acids is 1. The van der Waals surface area contributed by atoms with Gasteiger partial charge in [-0.2, -0.15) is 5.48 Å². The minimum atomic E-state index is -4.50. The average molecular weight is 591 g/mol. The molecular formula is C27H37N5O8P+. The van der Waals surface area contributed by atoms with E-state index in [1.165, 1.54) is 4.90 Å². The van der Waals surface area contributed by atoms with Crippen LogP contribution in [0.15, 0.2) is 47.0 Å². The van der Waals surface area contributed by atoms with Gasteiger partial charge in [0.25, 0.3) is 5.91 Å². The number of phosphoric acid groups is 1. The number of hydrogen-bond donors (Lipinski definition) is 4. The Balaban J connectivity index is 1.48. The molecule has 3 aromatic rings. The number of pyridine rings is 1. The average Bonchev–Trinajstić information content (AvgIpc) is 3.24. The Morgan fingerprint density at radius 1 is 1.34 bits per heavy atom. The number of rotatable bonds is 13. The highest BCUT2D eigenvalue weighted by Gasteiger charge is 2.41. The number of furan rings is 1. The number of hydroxylamine groups is 1. The first-order valence-electron chi connectivity index (χ1n) is 13.0. The third-order valence-electron chi connectivity index (χ3n) is 6.64. The molecule has 0 saturated heterocycles. The van der Waals surface area contributed by atoms with Gasteiger partial charge in [0.05, 0.1) is 18.8 Å². The van der Waals surface area contributed by atoms with E-state index in [-0.39, 0.29) is 25.2 Å². The van der Waals surface area contributed by atoms with E-state index < -0.39 is 26.0 Å². The Morgan fingerprint density at radius 2 is 2.10 bits per heavy atom. The number of nitrogens with one attached hydrogen (secondary N) is 1. The Hall–Kier alpha value is -3.13. The van der Waals surface area contributed by atoms with Crippen molar-refractivity contribution in [1.29, 1.82) is 0 Å². The van der Waals surface area contributed by atoms with Crippen molar-refractivity contribution in [3.05, 3.63) is 59.5 Å². The minimum Gasteiger partial charge on any atom is -0.459 e. The third kappa shape index (κ3) is 7.21. The molecule has 0 saturated carbocycles. The zero-order chi connectivity index (χ0) is 29.8. The van der Waals surface area contributed by atoms with Gasteiger partial charge in [-0.05, 0) is 57.2 Å². The summed E-state index contributed by atoms with van der Waals surface area (Å²) >= 11 is 0. The Kier molecular flexibility index (Phi) is 9.62. The number of quaternary nitrogens is 1. The van der Waals surface area contributed by atoms with Crippen molar-refractivity contribution in [2.45, 2.75) is 39.1 Å². The monoisotopic (exact) mass is 590 g/mol. The molecule has 0 radical (unpaired) electrons. The van der Waals surface area contributed by atoms with E-state index in [1.54, 1.807) is 27.2 Å². The van der Waals surface area contributed by atoms with Crippen molar-refractivity contribution in [2.75, 3.05) is 44.3 Å². The van der Waals surface area contributed by atoms with Crippen LogP contribution in [0, 0.1) is 6.92 Å². The van der Waals surface area contributed by atoms with Crippen LogP contribution < -0.4 is 15.7 Å². The van der Waals surface area contributed by atoms with E-state index >= 15 is 0 Å². The molecule has 3 heterocycles. The predicted molar refractivity (Wildman–Crippen MR) is 152 cm³/mol. The summed E-state index contributed by atoms with van der Waals surface area (Å²) < 4.78 is 33.7. The molecule has 0 spiro atoms. The van der Waals surface area contributed by atoms with Gasteiger partial charge < -0.3 is 19.6 Å². The summed E-state index contributed by atoms with van der Waals surface area (Å²) in [7, 11) is -0.931. The number of nitrogens with zero attached hydrogens (tertiary/aromatic N) is 3. The van der Waals surface area contributed by atoms with Crippen molar-refractivity contribution in [1.82, 2.24) is 9.88 Å². The fraction of sp³-hybridized carbons (Fsp3) is 0.407. The number of aliphatic hydroxyl groups is 1. The number of phosphoric ester groups is 1. The highest BCUT2D eigenvalue weighted by atomic mass is 31.2. The zero-order valence-electron chi connectivity index (χ0n) is 23.7. The summed E-state index contributed by atoms with van der Waals surface area (Å²) in [5, 5.41) is 13.1. The zero-order valence-corrected chi connectivity index (χ0v) is 24.6. The molecule has 13 nitrogen and oxygen atoms in total. The maximum atomic E-state index is 13.1. The third-order valence-corrected chi connectivity index (χ3v) is 7.50. The van der Waals surface area contributed by atoms with E-state index in [0.717, 1.165) is 33.3 Å². The number of nitrogens with two attached hydrogens (primary N) is 1. The van der Waals surface area contributed by atoms with Crippen LogP contribution in [0.1, 0.15) is 30.7 Å². The van der Waals surface area contributed by atoms with Crippen LogP contribution >= 0.6 is 7.82 Å². The molecule has 2 unspecified atom stereocenters.